The summed E-state index contributed by atoms with van der Waals surface area (Å²) in [5.74, 6) is 0. The molecule has 1 atom stereocenters. The molecule has 0 aromatic heterocycles. The molecule has 0 spiro atoms. The molecule has 9 heavy (non-hydrogen) atoms. The maximum absolute atomic E-state index is 3.29. The van der Waals surface area contributed by atoms with E-state index in [-0.39, 0.29) is 6.29 Å². The Balaban J connectivity index is 2.18. The second kappa shape index (κ2) is 4.18. The molecule has 3 nitrogen and oxygen atoms in total. The van der Waals surface area contributed by atoms with Crippen LogP contribution in [0.15, 0.2) is 0 Å². The van der Waals surface area contributed by atoms with Gasteiger partial charge in [-0.15, -0.1) is 0 Å². The largest absolute Gasteiger partial charge is 0.289 e. The van der Waals surface area contributed by atoms with Crippen LogP contribution < -0.4 is 15.7 Å². The van der Waals surface area contributed by atoms with Crippen molar-refractivity contribution in [3.63, 3.8) is 0 Å². The zero-order valence-corrected chi connectivity index (χ0v) is 6.64. The van der Waals surface area contributed by atoms with Gasteiger partial charge in [-0.25, -0.2) is 0 Å². The van der Waals surface area contributed by atoms with Gasteiger partial charge in [0.15, 0.2) is 0 Å². The Morgan fingerprint density at radius 3 is 2.22 bits per heavy atom. The van der Waals surface area contributed by atoms with Gasteiger partial charge in [0.25, 0.3) is 0 Å². The number of rotatable bonds is 1. The number of hydrogen-bond acceptors (Lipinski definition) is 3. The van der Waals surface area contributed by atoms with Gasteiger partial charge in [0.1, 0.15) is 6.29 Å². The minimum atomic E-state index is 0.289. The van der Waals surface area contributed by atoms with E-state index < -0.39 is 0 Å². The van der Waals surface area contributed by atoms with Gasteiger partial charge in [-0.3, -0.25) is 15.7 Å². The van der Waals surface area contributed by atoms with E-state index in [0.717, 1.165) is 13.1 Å². The topological polar surface area (TPSA) is 36.1 Å². The van der Waals surface area contributed by atoms with Crippen LogP contribution in [-0.2, 0) is 0 Å². The Morgan fingerprint density at radius 2 is 1.78 bits per heavy atom. The van der Waals surface area contributed by atoms with Crippen LogP contribution >= 0.6 is 9.39 Å². The molecule has 1 heterocycles. The zero-order valence-electron chi connectivity index (χ0n) is 5.48. The van der Waals surface area contributed by atoms with Crippen LogP contribution in [0.1, 0.15) is 12.8 Å². The average Bonchev–Trinajstić information content (AvgIpc) is 2.13. The van der Waals surface area contributed by atoms with Crippen molar-refractivity contribution in [2.75, 3.05) is 13.1 Å². The number of hydrogen-bond donors (Lipinski definition) is 3. The SMILES string of the molecule is PNC1NCCCCN1. The molecule has 1 unspecified atom stereocenters. The molecule has 0 amide bonds. The van der Waals surface area contributed by atoms with Crippen molar-refractivity contribution < 1.29 is 0 Å². The average molecular weight is 147 g/mol. The van der Waals surface area contributed by atoms with E-state index >= 15 is 0 Å². The van der Waals surface area contributed by atoms with E-state index in [9.17, 15) is 0 Å². The van der Waals surface area contributed by atoms with Crippen molar-refractivity contribution in [3.05, 3.63) is 0 Å². The van der Waals surface area contributed by atoms with Gasteiger partial charge in [-0.1, -0.05) is 9.39 Å². The Hall–Kier alpha value is 0.310. The van der Waals surface area contributed by atoms with Crippen LogP contribution in [0, 0.1) is 0 Å². The summed E-state index contributed by atoms with van der Waals surface area (Å²) in [5, 5.41) is 9.61. The Bertz CT molecular complexity index is 70.6. The lowest BCUT2D eigenvalue weighted by Crippen LogP contribution is -2.47. The Labute approximate surface area is 58.2 Å². The molecule has 3 N–H and O–H groups in total. The van der Waals surface area contributed by atoms with Gasteiger partial charge < -0.3 is 0 Å². The normalized spacial score (nSPS) is 23.7. The van der Waals surface area contributed by atoms with E-state index in [4.69, 9.17) is 0 Å². The van der Waals surface area contributed by atoms with Crippen molar-refractivity contribution >= 4 is 9.39 Å². The first-order chi connectivity index (χ1) is 4.43. The molecule has 0 aliphatic carbocycles. The second-order valence-electron chi connectivity index (χ2n) is 2.22. The molecule has 1 fully saturated rings. The molecule has 1 rings (SSSR count). The van der Waals surface area contributed by atoms with Gasteiger partial charge in [0.2, 0.25) is 0 Å². The highest BCUT2D eigenvalue weighted by Gasteiger charge is 2.05. The summed E-state index contributed by atoms with van der Waals surface area (Å²) in [4.78, 5) is 0. The molecule has 1 aliphatic heterocycles. The monoisotopic (exact) mass is 147 g/mol. The minimum absolute atomic E-state index is 0.289. The van der Waals surface area contributed by atoms with Gasteiger partial charge in [-0.2, -0.15) is 0 Å². The van der Waals surface area contributed by atoms with Crippen molar-refractivity contribution in [3.8, 4) is 0 Å². The summed E-state index contributed by atoms with van der Waals surface area (Å²) in [6.45, 7) is 2.22. The van der Waals surface area contributed by atoms with Crippen LogP contribution in [0.4, 0.5) is 0 Å². The Morgan fingerprint density at radius 1 is 1.22 bits per heavy atom. The summed E-state index contributed by atoms with van der Waals surface area (Å²) in [5.41, 5.74) is 0. The van der Waals surface area contributed by atoms with Crippen LogP contribution in [-0.4, -0.2) is 19.4 Å². The molecule has 4 heteroatoms. The lowest BCUT2D eigenvalue weighted by Gasteiger charge is -2.14. The molecular weight excluding hydrogens is 133 g/mol. The maximum Gasteiger partial charge on any atom is 0.114 e. The fourth-order valence-corrected chi connectivity index (χ4v) is 1.17. The quantitative estimate of drug-likeness (QED) is 0.443. The second-order valence-corrected chi connectivity index (χ2v) is 2.55. The first kappa shape index (κ1) is 7.42. The van der Waals surface area contributed by atoms with Crippen molar-refractivity contribution in [1.82, 2.24) is 15.7 Å². The van der Waals surface area contributed by atoms with Gasteiger partial charge in [0.05, 0.1) is 0 Å². The third-order valence-electron chi connectivity index (χ3n) is 1.47. The molecular formula is C5H14N3P. The summed E-state index contributed by atoms with van der Waals surface area (Å²) in [6.07, 6.45) is 2.84. The lowest BCUT2D eigenvalue weighted by atomic mass is 10.3. The fraction of sp³-hybridized carbons (Fsp3) is 1.00. The third kappa shape index (κ3) is 2.59. The summed E-state index contributed by atoms with van der Waals surface area (Å²) in [6, 6.07) is 0. The third-order valence-corrected chi connectivity index (χ3v) is 1.80. The van der Waals surface area contributed by atoms with Gasteiger partial charge in [-0.05, 0) is 25.9 Å². The predicted octanol–water partition coefficient (Wildman–Crippen LogP) is -0.377. The Kier molecular flexibility index (Phi) is 3.44. The lowest BCUT2D eigenvalue weighted by molar-refractivity contribution is 0.451. The molecule has 0 aromatic rings. The van der Waals surface area contributed by atoms with Crippen LogP contribution in [0.25, 0.3) is 0 Å². The van der Waals surface area contributed by atoms with E-state index in [2.05, 4.69) is 25.1 Å². The highest BCUT2D eigenvalue weighted by atomic mass is 31.0. The molecule has 0 bridgehead atoms. The molecule has 1 saturated heterocycles. The van der Waals surface area contributed by atoms with Crippen LogP contribution in [0.3, 0.4) is 0 Å². The summed E-state index contributed by atoms with van der Waals surface area (Å²) < 4.78 is 0. The minimum Gasteiger partial charge on any atom is -0.289 e. The smallest absolute Gasteiger partial charge is 0.114 e. The number of nitrogens with one attached hydrogen (secondary N) is 3. The van der Waals surface area contributed by atoms with Crippen molar-refractivity contribution in [2.24, 2.45) is 0 Å². The standard InChI is InChI=1S/C5H14N3P/c9-8-5-6-3-1-2-4-7-5/h5-8H,1-4,9H2. The molecule has 0 saturated carbocycles. The molecule has 1 aliphatic rings. The molecule has 54 valence electrons. The predicted molar refractivity (Wildman–Crippen MR) is 41.9 cm³/mol. The van der Waals surface area contributed by atoms with E-state index in [0.29, 0.717) is 0 Å². The maximum atomic E-state index is 3.29. The van der Waals surface area contributed by atoms with Gasteiger partial charge >= 0.3 is 0 Å². The molecule has 0 aromatic carbocycles. The zero-order chi connectivity index (χ0) is 6.53. The highest BCUT2D eigenvalue weighted by Crippen LogP contribution is 1.91. The van der Waals surface area contributed by atoms with E-state index in [1.165, 1.54) is 12.8 Å². The van der Waals surface area contributed by atoms with Crippen molar-refractivity contribution in [1.29, 1.82) is 0 Å². The molecule has 0 radical (unpaired) electrons. The summed E-state index contributed by atoms with van der Waals surface area (Å²) in [7, 11) is 2.49. The van der Waals surface area contributed by atoms with Crippen LogP contribution in [0.2, 0.25) is 0 Å². The van der Waals surface area contributed by atoms with E-state index in [1.807, 2.05) is 0 Å². The first-order valence-electron chi connectivity index (χ1n) is 3.36. The van der Waals surface area contributed by atoms with Gasteiger partial charge in [0, 0.05) is 0 Å². The van der Waals surface area contributed by atoms with E-state index in [1.54, 1.807) is 0 Å². The fourth-order valence-electron chi connectivity index (χ4n) is 0.933. The van der Waals surface area contributed by atoms with Crippen LogP contribution in [0.5, 0.6) is 0 Å². The summed E-state index contributed by atoms with van der Waals surface area (Å²) >= 11 is 0. The highest BCUT2D eigenvalue weighted by molar-refractivity contribution is 7.13. The van der Waals surface area contributed by atoms with Crippen molar-refractivity contribution in [2.45, 2.75) is 19.1 Å². The first-order valence-corrected chi connectivity index (χ1v) is 3.94.